The second kappa shape index (κ2) is 7.72. The van der Waals surface area contributed by atoms with Crippen LogP contribution in [0.4, 0.5) is 0 Å². The number of nitrogens with one attached hydrogen (secondary N) is 2. The summed E-state index contributed by atoms with van der Waals surface area (Å²) in [6.45, 7) is 7.81. The van der Waals surface area contributed by atoms with Crippen LogP contribution in [-0.2, 0) is 24.2 Å². The van der Waals surface area contributed by atoms with Gasteiger partial charge in [-0.3, -0.25) is 14.7 Å². The smallest absolute Gasteiger partial charge is 0.272 e. The van der Waals surface area contributed by atoms with E-state index in [1.54, 1.807) is 0 Å². The summed E-state index contributed by atoms with van der Waals surface area (Å²) < 4.78 is 0. The SMILES string of the molecule is Cc1ccc(CC(=O)N2CCc3[nH]nc(C(=O)NCC(C)C)c3C2)cc1. The van der Waals surface area contributed by atoms with E-state index in [-0.39, 0.29) is 11.8 Å². The molecule has 0 aliphatic carbocycles. The van der Waals surface area contributed by atoms with Crippen LogP contribution >= 0.6 is 0 Å². The minimum Gasteiger partial charge on any atom is -0.350 e. The van der Waals surface area contributed by atoms with Gasteiger partial charge in [-0.15, -0.1) is 0 Å². The maximum atomic E-state index is 12.7. The van der Waals surface area contributed by atoms with Gasteiger partial charge in [0.2, 0.25) is 5.91 Å². The maximum Gasteiger partial charge on any atom is 0.272 e. The highest BCUT2D eigenvalue weighted by Gasteiger charge is 2.27. The van der Waals surface area contributed by atoms with Gasteiger partial charge in [0, 0.05) is 37.3 Å². The molecule has 0 saturated carbocycles. The van der Waals surface area contributed by atoms with Crippen molar-refractivity contribution in [3.8, 4) is 0 Å². The van der Waals surface area contributed by atoms with Crippen molar-refractivity contribution in [2.75, 3.05) is 13.1 Å². The molecule has 2 amide bonds. The quantitative estimate of drug-likeness (QED) is 0.864. The van der Waals surface area contributed by atoms with Gasteiger partial charge in [-0.25, -0.2) is 0 Å². The molecule has 0 bridgehead atoms. The van der Waals surface area contributed by atoms with Crippen LogP contribution in [0.1, 0.15) is 46.7 Å². The predicted molar refractivity (Wildman–Crippen MR) is 99.8 cm³/mol. The zero-order chi connectivity index (χ0) is 18.7. The Balaban J connectivity index is 1.68. The molecule has 138 valence electrons. The Kier molecular flexibility index (Phi) is 5.40. The zero-order valence-electron chi connectivity index (χ0n) is 15.6. The number of hydrogen-bond acceptors (Lipinski definition) is 3. The van der Waals surface area contributed by atoms with E-state index < -0.39 is 0 Å². The molecule has 6 heteroatoms. The summed E-state index contributed by atoms with van der Waals surface area (Å²) in [5.41, 5.74) is 4.40. The molecule has 2 N–H and O–H groups in total. The van der Waals surface area contributed by atoms with Crippen molar-refractivity contribution in [3.05, 3.63) is 52.3 Å². The molecular formula is C20H26N4O2. The molecule has 0 unspecified atom stereocenters. The van der Waals surface area contributed by atoms with Crippen molar-refractivity contribution in [1.82, 2.24) is 20.4 Å². The first-order valence-corrected chi connectivity index (χ1v) is 9.11. The van der Waals surface area contributed by atoms with Crippen molar-refractivity contribution in [2.45, 2.75) is 40.2 Å². The maximum absolute atomic E-state index is 12.7. The predicted octanol–water partition coefficient (Wildman–Crippen LogP) is 2.23. The summed E-state index contributed by atoms with van der Waals surface area (Å²) in [6.07, 6.45) is 1.07. The lowest BCUT2D eigenvalue weighted by Gasteiger charge is -2.27. The fraction of sp³-hybridized carbons (Fsp3) is 0.450. The molecule has 2 aromatic rings. The van der Waals surface area contributed by atoms with Crippen LogP contribution in [0.3, 0.4) is 0 Å². The fourth-order valence-corrected chi connectivity index (χ4v) is 3.07. The topological polar surface area (TPSA) is 78.1 Å². The van der Waals surface area contributed by atoms with E-state index in [1.807, 2.05) is 49.9 Å². The summed E-state index contributed by atoms with van der Waals surface area (Å²) in [4.78, 5) is 26.9. The van der Waals surface area contributed by atoms with E-state index in [9.17, 15) is 9.59 Å². The highest BCUT2D eigenvalue weighted by molar-refractivity contribution is 5.94. The number of aromatic nitrogens is 2. The van der Waals surface area contributed by atoms with E-state index in [4.69, 9.17) is 0 Å². The standard InChI is InChI=1S/C20H26N4O2/c1-13(2)11-21-20(26)19-16-12-24(9-8-17(16)22-23-19)18(25)10-15-6-4-14(3)5-7-15/h4-7,13H,8-12H2,1-3H3,(H,21,26)(H,22,23). The number of fused-ring (bicyclic) bond motifs is 1. The van der Waals surface area contributed by atoms with Crippen molar-refractivity contribution in [3.63, 3.8) is 0 Å². The molecule has 26 heavy (non-hydrogen) atoms. The Morgan fingerprint density at radius 1 is 1.27 bits per heavy atom. The summed E-state index contributed by atoms with van der Waals surface area (Å²) in [5.74, 6) is 0.277. The third-order valence-electron chi connectivity index (χ3n) is 4.65. The number of amides is 2. The van der Waals surface area contributed by atoms with E-state index in [1.165, 1.54) is 5.56 Å². The molecule has 6 nitrogen and oxygen atoms in total. The minimum absolute atomic E-state index is 0.0780. The van der Waals surface area contributed by atoms with Crippen LogP contribution in [0, 0.1) is 12.8 Å². The molecule has 0 atom stereocenters. The van der Waals surface area contributed by atoms with Gasteiger partial charge in [0.15, 0.2) is 5.69 Å². The minimum atomic E-state index is -0.177. The molecule has 0 radical (unpaired) electrons. The second-order valence-electron chi connectivity index (χ2n) is 7.36. The lowest BCUT2D eigenvalue weighted by molar-refractivity contribution is -0.131. The van der Waals surface area contributed by atoms with Gasteiger partial charge < -0.3 is 10.2 Å². The summed E-state index contributed by atoms with van der Waals surface area (Å²) >= 11 is 0. The highest BCUT2D eigenvalue weighted by Crippen LogP contribution is 2.21. The van der Waals surface area contributed by atoms with Crippen LogP contribution in [0.15, 0.2) is 24.3 Å². The molecule has 1 aliphatic heterocycles. The molecule has 1 aliphatic rings. The van der Waals surface area contributed by atoms with Crippen molar-refractivity contribution < 1.29 is 9.59 Å². The normalized spacial score (nSPS) is 13.6. The summed E-state index contributed by atoms with van der Waals surface area (Å²) in [5, 5.41) is 10.0. The van der Waals surface area contributed by atoms with Gasteiger partial charge in [0.05, 0.1) is 6.42 Å². The number of carbonyl (C=O) groups is 2. The molecule has 1 aromatic carbocycles. The number of carbonyl (C=O) groups excluding carboxylic acids is 2. The molecule has 0 fully saturated rings. The Morgan fingerprint density at radius 3 is 2.69 bits per heavy atom. The van der Waals surface area contributed by atoms with Crippen molar-refractivity contribution in [1.29, 1.82) is 0 Å². The van der Waals surface area contributed by atoms with Gasteiger partial charge in [-0.2, -0.15) is 5.10 Å². The van der Waals surface area contributed by atoms with Crippen LogP contribution in [-0.4, -0.2) is 40.0 Å². The van der Waals surface area contributed by atoms with E-state index in [0.717, 1.165) is 16.8 Å². The van der Waals surface area contributed by atoms with Crippen LogP contribution in [0.25, 0.3) is 0 Å². The monoisotopic (exact) mass is 354 g/mol. The largest absolute Gasteiger partial charge is 0.350 e. The lowest BCUT2D eigenvalue weighted by Crippen LogP contribution is -2.38. The van der Waals surface area contributed by atoms with Gasteiger partial charge in [-0.05, 0) is 18.4 Å². The number of H-pyrrole nitrogens is 1. The van der Waals surface area contributed by atoms with Gasteiger partial charge in [0.25, 0.3) is 5.91 Å². The third kappa shape index (κ3) is 4.12. The number of aryl methyl sites for hydroxylation is 1. The number of aromatic amines is 1. The second-order valence-corrected chi connectivity index (χ2v) is 7.36. The first-order valence-electron chi connectivity index (χ1n) is 9.11. The van der Waals surface area contributed by atoms with Gasteiger partial charge in [-0.1, -0.05) is 43.7 Å². The molecule has 1 aromatic heterocycles. The van der Waals surface area contributed by atoms with Crippen molar-refractivity contribution in [2.24, 2.45) is 5.92 Å². The fourth-order valence-electron chi connectivity index (χ4n) is 3.07. The van der Waals surface area contributed by atoms with Gasteiger partial charge in [0.1, 0.15) is 0 Å². The Bertz CT molecular complexity index is 793. The van der Waals surface area contributed by atoms with Crippen LogP contribution in [0.5, 0.6) is 0 Å². The lowest BCUT2D eigenvalue weighted by atomic mass is 10.0. The van der Waals surface area contributed by atoms with E-state index in [0.29, 0.717) is 44.1 Å². The Morgan fingerprint density at radius 2 is 2.00 bits per heavy atom. The molecule has 0 spiro atoms. The average Bonchev–Trinajstić information content (AvgIpc) is 3.04. The van der Waals surface area contributed by atoms with Crippen LogP contribution in [0.2, 0.25) is 0 Å². The summed E-state index contributed by atoms with van der Waals surface area (Å²) in [7, 11) is 0. The Labute approximate surface area is 154 Å². The molecule has 0 saturated heterocycles. The highest BCUT2D eigenvalue weighted by atomic mass is 16.2. The van der Waals surface area contributed by atoms with Crippen molar-refractivity contribution >= 4 is 11.8 Å². The van der Waals surface area contributed by atoms with E-state index >= 15 is 0 Å². The third-order valence-corrected chi connectivity index (χ3v) is 4.65. The first-order chi connectivity index (χ1) is 12.4. The van der Waals surface area contributed by atoms with Gasteiger partial charge >= 0.3 is 0 Å². The zero-order valence-corrected chi connectivity index (χ0v) is 15.6. The number of rotatable bonds is 5. The average molecular weight is 354 g/mol. The molecular weight excluding hydrogens is 328 g/mol. The first kappa shape index (κ1) is 18.2. The molecule has 2 heterocycles. The number of benzene rings is 1. The molecule has 3 rings (SSSR count). The van der Waals surface area contributed by atoms with Crippen LogP contribution < -0.4 is 5.32 Å². The number of hydrogen-bond donors (Lipinski definition) is 2. The Hall–Kier alpha value is -2.63. The number of nitrogens with zero attached hydrogens (tertiary/aromatic N) is 2. The summed E-state index contributed by atoms with van der Waals surface area (Å²) in [6, 6.07) is 8.02. The van der Waals surface area contributed by atoms with E-state index in [2.05, 4.69) is 15.5 Å².